The van der Waals surface area contributed by atoms with E-state index in [-0.39, 0.29) is 12.0 Å². The van der Waals surface area contributed by atoms with Gasteiger partial charge in [0.25, 0.3) is 0 Å². The lowest BCUT2D eigenvalue weighted by Crippen LogP contribution is -2.33. The number of halogens is 2. The number of pyridine rings is 1. The Kier molecular flexibility index (Phi) is 2.92. The van der Waals surface area contributed by atoms with E-state index in [0.717, 1.165) is 12.8 Å². The highest BCUT2D eigenvalue weighted by atomic mass is 19.3. The van der Waals surface area contributed by atoms with Gasteiger partial charge in [-0.25, -0.2) is 4.79 Å². The number of carbonyl (C=O) groups excluding carboxylic acids is 1. The summed E-state index contributed by atoms with van der Waals surface area (Å²) in [7, 11) is 0.954. The number of aromatic nitrogens is 1. The van der Waals surface area contributed by atoms with E-state index in [2.05, 4.69) is 9.72 Å². The molecule has 0 saturated carbocycles. The van der Waals surface area contributed by atoms with Crippen LogP contribution in [0.1, 0.15) is 17.7 Å². The molecule has 0 radical (unpaired) electrons. The molecule has 1 aliphatic rings. The molecule has 0 bridgehead atoms. The van der Waals surface area contributed by atoms with Crippen molar-refractivity contribution in [2.24, 2.45) is 0 Å². The van der Waals surface area contributed by atoms with Gasteiger partial charge in [-0.2, -0.15) is 8.78 Å². The first kappa shape index (κ1) is 11.7. The Morgan fingerprint density at radius 2 is 2.24 bits per heavy atom. The molecule has 0 N–H and O–H groups in total. The SMILES string of the molecule is COC(=O)C(F)(F)C1=Cc2cccnc2CC1. The van der Waals surface area contributed by atoms with Gasteiger partial charge in [0.1, 0.15) is 0 Å². The van der Waals surface area contributed by atoms with Crippen LogP contribution in [0, 0.1) is 0 Å². The number of aryl methyl sites for hydroxylation is 1. The topological polar surface area (TPSA) is 39.2 Å². The van der Waals surface area contributed by atoms with Crippen molar-refractivity contribution in [1.82, 2.24) is 4.98 Å². The zero-order valence-corrected chi connectivity index (χ0v) is 9.24. The summed E-state index contributed by atoms with van der Waals surface area (Å²) in [6.45, 7) is 0. The predicted molar refractivity (Wildman–Crippen MR) is 57.5 cm³/mol. The smallest absolute Gasteiger partial charge is 0.381 e. The molecule has 1 aromatic rings. The van der Waals surface area contributed by atoms with Crippen molar-refractivity contribution in [2.75, 3.05) is 7.11 Å². The van der Waals surface area contributed by atoms with E-state index in [0.29, 0.717) is 12.0 Å². The van der Waals surface area contributed by atoms with Crippen LogP contribution in [0.5, 0.6) is 0 Å². The zero-order chi connectivity index (χ0) is 12.5. The number of esters is 1. The summed E-state index contributed by atoms with van der Waals surface area (Å²) in [6, 6.07) is 3.38. The Hall–Kier alpha value is -1.78. The Morgan fingerprint density at radius 3 is 2.94 bits per heavy atom. The maximum atomic E-state index is 13.6. The molecule has 0 amide bonds. The van der Waals surface area contributed by atoms with Crippen LogP contribution < -0.4 is 0 Å². The van der Waals surface area contributed by atoms with E-state index in [9.17, 15) is 13.6 Å². The van der Waals surface area contributed by atoms with Crippen LogP contribution in [0.15, 0.2) is 23.9 Å². The van der Waals surface area contributed by atoms with Crippen LogP contribution in [0.3, 0.4) is 0 Å². The first-order valence-corrected chi connectivity index (χ1v) is 5.17. The molecule has 0 aromatic carbocycles. The second kappa shape index (κ2) is 4.24. The molecule has 1 aromatic heterocycles. The summed E-state index contributed by atoms with van der Waals surface area (Å²) in [5.74, 6) is -5.07. The monoisotopic (exact) mass is 239 g/mol. The Labute approximate surface area is 97.1 Å². The minimum Gasteiger partial charge on any atom is -0.464 e. The van der Waals surface area contributed by atoms with Crippen molar-refractivity contribution in [3.63, 3.8) is 0 Å². The number of hydrogen-bond acceptors (Lipinski definition) is 3. The molecular weight excluding hydrogens is 228 g/mol. The van der Waals surface area contributed by atoms with E-state index >= 15 is 0 Å². The lowest BCUT2D eigenvalue weighted by atomic mass is 9.92. The number of methoxy groups -OCH3 is 1. The molecule has 5 heteroatoms. The highest BCUT2D eigenvalue weighted by Gasteiger charge is 2.44. The summed E-state index contributed by atoms with van der Waals surface area (Å²) < 4.78 is 31.4. The molecule has 0 saturated heterocycles. The van der Waals surface area contributed by atoms with Gasteiger partial charge in [0.05, 0.1) is 7.11 Å². The Morgan fingerprint density at radius 1 is 1.47 bits per heavy atom. The Balaban J connectivity index is 2.37. The van der Waals surface area contributed by atoms with E-state index in [1.165, 1.54) is 6.08 Å². The molecular formula is C12H11F2NO2. The molecule has 2 rings (SSSR count). The molecule has 17 heavy (non-hydrogen) atoms. The molecule has 3 nitrogen and oxygen atoms in total. The van der Waals surface area contributed by atoms with Crippen LogP contribution in [-0.4, -0.2) is 24.0 Å². The Bertz CT molecular complexity index is 483. The van der Waals surface area contributed by atoms with Gasteiger partial charge in [-0.15, -0.1) is 0 Å². The number of rotatable bonds is 2. The molecule has 0 aliphatic heterocycles. The average molecular weight is 239 g/mol. The largest absolute Gasteiger partial charge is 0.464 e. The molecule has 0 atom stereocenters. The second-order valence-corrected chi connectivity index (χ2v) is 3.77. The fourth-order valence-corrected chi connectivity index (χ4v) is 1.81. The number of carbonyl (C=O) groups is 1. The van der Waals surface area contributed by atoms with E-state index < -0.39 is 11.9 Å². The molecule has 90 valence electrons. The minimum absolute atomic E-state index is 0.117. The van der Waals surface area contributed by atoms with Crippen LogP contribution in [-0.2, 0) is 16.0 Å². The molecule has 1 aliphatic carbocycles. The quantitative estimate of drug-likeness (QED) is 0.743. The molecule has 0 spiro atoms. The fourth-order valence-electron chi connectivity index (χ4n) is 1.81. The van der Waals surface area contributed by atoms with E-state index in [4.69, 9.17) is 0 Å². The number of ether oxygens (including phenoxy) is 1. The summed E-state index contributed by atoms with van der Waals surface area (Å²) >= 11 is 0. The first-order valence-electron chi connectivity index (χ1n) is 5.17. The van der Waals surface area contributed by atoms with Gasteiger partial charge in [-0.05, 0) is 30.5 Å². The van der Waals surface area contributed by atoms with Crippen molar-refractivity contribution in [2.45, 2.75) is 18.8 Å². The lowest BCUT2D eigenvalue weighted by Gasteiger charge is -2.21. The zero-order valence-electron chi connectivity index (χ0n) is 9.24. The first-order chi connectivity index (χ1) is 8.05. The summed E-state index contributed by atoms with van der Waals surface area (Å²) in [5.41, 5.74) is 1.19. The normalized spacial score (nSPS) is 14.9. The highest BCUT2D eigenvalue weighted by Crippen LogP contribution is 2.34. The van der Waals surface area contributed by atoms with Crippen molar-refractivity contribution < 1.29 is 18.3 Å². The average Bonchev–Trinajstić information content (AvgIpc) is 2.37. The van der Waals surface area contributed by atoms with E-state index in [1.807, 2.05) is 0 Å². The molecule has 0 unspecified atom stereocenters. The van der Waals surface area contributed by atoms with Crippen molar-refractivity contribution in [3.8, 4) is 0 Å². The van der Waals surface area contributed by atoms with Crippen LogP contribution in [0.25, 0.3) is 6.08 Å². The third-order valence-corrected chi connectivity index (χ3v) is 2.73. The molecule has 0 fully saturated rings. The highest BCUT2D eigenvalue weighted by molar-refractivity contribution is 5.83. The summed E-state index contributed by atoms with van der Waals surface area (Å²) in [5, 5.41) is 0. The summed E-state index contributed by atoms with van der Waals surface area (Å²) in [4.78, 5) is 15.1. The van der Waals surface area contributed by atoms with Gasteiger partial charge in [0.2, 0.25) is 0 Å². The van der Waals surface area contributed by atoms with Crippen molar-refractivity contribution in [3.05, 3.63) is 35.2 Å². The van der Waals surface area contributed by atoms with Gasteiger partial charge in [-0.3, -0.25) is 4.98 Å². The standard InChI is InChI=1S/C12H11F2NO2/c1-17-11(16)12(13,14)9-4-5-10-8(7-9)3-2-6-15-10/h2-3,6-7H,4-5H2,1H3. The van der Waals surface area contributed by atoms with Crippen LogP contribution in [0.4, 0.5) is 8.78 Å². The van der Waals surface area contributed by atoms with Gasteiger partial charge < -0.3 is 4.74 Å². The third kappa shape index (κ3) is 2.05. The van der Waals surface area contributed by atoms with Crippen LogP contribution >= 0.6 is 0 Å². The van der Waals surface area contributed by atoms with Crippen molar-refractivity contribution in [1.29, 1.82) is 0 Å². The number of nitrogens with zero attached hydrogens (tertiary/aromatic N) is 1. The second-order valence-electron chi connectivity index (χ2n) is 3.77. The number of alkyl halides is 2. The third-order valence-electron chi connectivity index (χ3n) is 2.73. The lowest BCUT2D eigenvalue weighted by molar-refractivity contribution is -0.163. The van der Waals surface area contributed by atoms with Crippen molar-refractivity contribution >= 4 is 12.0 Å². The minimum atomic E-state index is -3.55. The maximum Gasteiger partial charge on any atom is 0.381 e. The van der Waals surface area contributed by atoms with Gasteiger partial charge >= 0.3 is 11.9 Å². The maximum absolute atomic E-state index is 13.6. The van der Waals surface area contributed by atoms with Gasteiger partial charge in [0.15, 0.2) is 0 Å². The van der Waals surface area contributed by atoms with Gasteiger partial charge in [0, 0.05) is 17.5 Å². The van der Waals surface area contributed by atoms with Gasteiger partial charge in [-0.1, -0.05) is 6.07 Å². The molecule has 1 heterocycles. The number of hydrogen-bond donors (Lipinski definition) is 0. The van der Waals surface area contributed by atoms with Crippen LogP contribution in [0.2, 0.25) is 0 Å². The fraction of sp³-hybridized carbons (Fsp3) is 0.333. The summed E-state index contributed by atoms with van der Waals surface area (Å²) in [6.07, 6.45) is 3.47. The number of fused-ring (bicyclic) bond motifs is 1. The van der Waals surface area contributed by atoms with E-state index in [1.54, 1.807) is 18.3 Å². The predicted octanol–water partition coefficient (Wildman–Crippen LogP) is 2.22.